The zero-order valence-corrected chi connectivity index (χ0v) is 14.3. The quantitative estimate of drug-likeness (QED) is 0.476. The van der Waals surface area contributed by atoms with Crippen molar-refractivity contribution in [3.05, 3.63) is 102 Å². The van der Waals surface area contributed by atoms with E-state index >= 15 is 0 Å². The molecule has 0 fully saturated rings. The van der Waals surface area contributed by atoms with Crippen LogP contribution in [-0.4, -0.2) is 5.91 Å². The molecule has 0 aliphatic rings. The molecule has 0 aliphatic heterocycles. The van der Waals surface area contributed by atoms with Crippen LogP contribution in [0.25, 0.3) is 11.1 Å². The summed E-state index contributed by atoms with van der Waals surface area (Å²) in [5.41, 5.74) is 4.56. The first-order valence-corrected chi connectivity index (χ1v) is 8.50. The monoisotopic (exact) mass is 327 g/mol. The number of para-hydroxylation sites is 1. The van der Waals surface area contributed by atoms with Crippen molar-refractivity contribution >= 4 is 22.7 Å². The fourth-order valence-electron chi connectivity index (χ4n) is 2.93. The number of hydrogen-bond acceptors (Lipinski definition) is 1. The molecule has 3 aromatic rings. The van der Waals surface area contributed by atoms with Crippen LogP contribution in [0.15, 0.2) is 91.0 Å². The maximum Gasteiger partial charge on any atom is 0.256 e. The summed E-state index contributed by atoms with van der Waals surface area (Å²) in [6.45, 7) is 2.08. The number of nitrogens with one attached hydrogen (secondary N) is 1. The lowest BCUT2D eigenvalue weighted by atomic mass is 9.92. The van der Waals surface area contributed by atoms with Crippen molar-refractivity contribution in [1.29, 1.82) is 0 Å². The fourth-order valence-corrected chi connectivity index (χ4v) is 2.93. The summed E-state index contributed by atoms with van der Waals surface area (Å²) < 4.78 is 0. The summed E-state index contributed by atoms with van der Waals surface area (Å²) in [6, 6.07) is 29.5. The Morgan fingerprint density at radius 2 is 1.20 bits per heavy atom. The van der Waals surface area contributed by atoms with Crippen molar-refractivity contribution in [2.75, 3.05) is 5.32 Å². The first kappa shape index (κ1) is 16.7. The second-order valence-electron chi connectivity index (χ2n) is 5.76. The molecule has 124 valence electrons. The van der Waals surface area contributed by atoms with Crippen molar-refractivity contribution in [3.8, 4) is 0 Å². The van der Waals surface area contributed by atoms with E-state index in [9.17, 15) is 4.79 Å². The van der Waals surface area contributed by atoms with Crippen LogP contribution in [0.3, 0.4) is 0 Å². The molecule has 0 saturated carbocycles. The topological polar surface area (TPSA) is 29.1 Å². The van der Waals surface area contributed by atoms with Crippen molar-refractivity contribution in [2.45, 2.75) is 13.3 Å². The molecule has 0 spiro atoms. The highest BCUT2D eigenvalue weighted by Gasteiger charge is 2.18. The predicted molar refractivity (Wildman–Crippen MR) is 105 cm³/mol. The minimum atomic E-state index is -0.0851. The second kappa shape index (κ2) is 8.11. The van der Waals surface area contributed by atoms with Crippen molar-refractivity contribution < 1.29 is 4.79 Å². The average Bonchev–Trinajstić information content (AvgIpc) is 2.68. The fraction of sp³-hybridized carbons (Fsp3) is 0.0870. The number of carbonyl (C=O) groups excluding carboxylic acids is 1. The predicted octanol–water partition coefficient (Wildman–Crippen LogP) is 5.65. The lowest BCUT2D eigenvalue weighted by Gasteiger charge is -2.15. The van der Waals surface area contributed by atoms with E-state index < -0.39 is 0 Å². The summed E-state index contributed by atoms with van der Waals surface area (Å²) in [4.78, 5) is 13.1. The third-order valence-electron chi connectivity index (χ3n) is 4.10. The molecule has 1 N–H and O–H groups in total. The molecule has 25 heavy (non-hydrogen) atoms. The van der Waals surface area contributed by atoms with Crippen LogP contribution in [-0.2, 0) is 4.79 Å². The van der Waals surface area contributed by atoms with E-state index in [0.717, 1.165) is 34.4 Å². The Hall–Kier alpha value is -3.13. The van der Waals surface area contributed by atoms with Gasteiger partial charge in [0.15, 0.2) is 0 Å². The summed E-state index contributed by atoms with van der Waals surface area (Å²) in [5, 5.41) is 3.03. The summed E-state index contributed by atoms with van der Waals surface area (Å²) in [7, 11) is 0. The van der Waals surface area contributed by atoms with Crippen LogP contribution in [0.1, 0.15) is 24.5 Å². The molecule has 3 rings (SSSR count). The van der Waals surface area contributed by atoms with Gasteiger partial charge in [-0.2, -0.15) is 0 Å². The van der Waals surface area contributed by atoms with Gasteiger partial charge in [0.1, 0.15) is 0 Å². The van der Waals surface area contributed by atoms with E-state index in [4.69, 9.17) is 0 Å². The molecule has 0 bridgehead atoms. The van der Waals surface area contributed by atoms with Crippen LogP contribution in [0.4, 0.5) is 5.69 Å². The van der Waals surface area contributed by atoms with E-state index in [-0.39, 0.29) is 5.91 Å². The molecule has 0 aliphatic carbocycles. The van der Waals surface area contributed by atoms with Gasteiger partial charge in [0.25, 0.3) is 5.91 Å². The Balaban J connectivity index is 2.09. The number of amides is 1. The SMILES string of the molecule is CCC(=C(C(=O)Nc1ccccc1)c1ccccc1)c1ccccc1. The third-order valence-corrected chi connectivity index (χ3v) is 4.10. The van der Waals surface area contributed by atoms with Gasteiger partial charge in [-0.1, -0.05) is 85.8 Å². The minimum Gasteiger partial charge on any atom is -0.322 e. The van der Waals surface area contributed by atoms with Crippen molar-refractivity contribution in [1.82, 2.24) is 0 Å². The van der Waals surface area contributed by atoms with E-state index in [1.54, 1.807) is 0 Å². The summed E-state index contributed by atoms with van der Waals surface area (Å²) >= 11 is 0. The molecule has 0 unspecified atom stereocenters. The van der Waals surface area contributed by atoms with Gasteiger partial charge in [0, 0.05) is 5.69 Å². The number of benzene rings is 3. The molecule has 0 atom stereocenters. The molecule has 2 nitrogen and oxygen atoms in total. The zero-order valence-electron chi connectivity index (χ0n) is 14.3. The molecule has 0 radical (unpaired) electrons. The lowest BCUT2D eigenvalue weighted by Crippen LogP contribution is -2.15. The van der Waals surface area contributed by atoms with Gasteiger partial charge in [-0.15, -0.1) is 0 Å². The second-order valence-corrected chi connectivity index (χ2v) is 5.76. The Kier molecular flexibility index (Phi) is 5.43. The molecular formula is C23H21NO. The number of hydrogen-bond donors (Lipinski definition) is 1. The maximum absolute atomic E-state index is 13.1. The van der Waals surface area contributed by atoms with Gasteiger partial charge in [0.2, 0.25) is 0 Å². The Morgan fingerprint density at radius 1 is 0.720 bits per heavy atom. The molecule has 0 saturated heterocycles. The third kappa shape index (κ3) is 4.04. The van der Waals surface area contributed by atoms with Crippen molar-refractivity contribution in [2.24, 2.45) is 0 Å². The molecular weight excluding hydrogens is 306 g/mol. The maximum atomic E-state index is 13.1. The van der Waals surface area contributed by atoms with Gasteiger partial charge in [-0.3, -0.25) is 4.79 Å². The summed E-state index contributed by atoms with van der Waals surface area (Å²) in [6.07, 6.45) is 0.774. The minimum absolute atomic E-state index is 0.0851. The summed E-state index contributed by atoms with van der Waals surface area (Å²) in [5.74, 6) is -0.0851. The number of anilines is 1. The van der Waals surface area contributed by atoms with Crippen LogP contribution in [0.5, 0.6) is 0 Å². The molecule has 2 heteroatoms. The van der Waals surface area contributed by atoms with E-state index in [1.165, 1.54) is 0 Å². The number of carbonyl (C=O) groups is 1. The Bertz CT molecular complexity index is 852. The molecule has 1 amide bonds. The van der Waals surface area contributed by atoms with Gasteiger partial charge >= 0.3 is 0 Å². The van der Waals surface area contributed by atoms with Gasteiger partial charge < -0.3 is 5.32 Å². The smallest absolute Gasteiger partial charge is 0.256 e. The Labute approximate surface area is 148 Å². The number of allylic oxidation sites excluding steroid dienone is 1. The molecule has 0 aromatic heterocycles. The normalized spacial score (nSPS) is 11.6. The van der Waals surface area contributed by atoms with Gasteiger partial charge in [-0.25, -0.2) is 0 Å². The van der Waals surface area contributed by atoms with Gasteiger partial charge in [-0.05, 0) is 35.3 Å². The van der Waals surface area contributed by atoms with E-state index in [0.29, 0.717) is 0 Å². The van der Waals surface area contributed by atoms with E-state index in [2.05, 4.69) is 24.4 Å². The van der Waals surface area contributed by atoms with Crippen LogP contribution >= 0.6 is 0 Å². The van der Waals surface area contributed by atoms with Crippen LogP contribution in [0.2, 0.25) is 0 Å². The number of rotatable bonds is 5. The van der Waals surface area contributed by atoms with E-state index in [1.807, 2.05) is 78.9 Å². The molecule has 3 aromatic carbocycles. The van der Waals surface area contributed by atoms with Crippen LogP contribution < -0.4 is 5.32 Å². The first-order chi connectivity index (χ1) is 12.3. The lowest BCUT2D eigenvalue weighted by molar-refractivity contribution is -0.111. The standard InChI is InChI=1S/C23H21NO/c1-2-21(18-12-6-3-7-13-18)22(19-14-8-4-9-15-19)23(25)24-20-16-10-5-11-17-20/h3-17H,2H2,1H3,(H,24,25). The Morgan fingerprint density at radius 3 is 1.72 bits per heavy atom. The van der Waals surface area contributed by atoms with Crippen molar-refractivity contribution in [3.63, 3.8) is 0 Å². The molecule has 0 heterocycles. The first-order valence-electron chi connectivity index (χ1n) is 8.50. The highest BCUT2D eigenvalue weighted by Crippen LogP contribution is 2.30. The highest BCUT2D eigenvalue weighted by atomic mass is 16.1. The van der Waals surface area contributed by atoms with Crippen LogP contribution in [0, 0.1) is 0 Å². The largest absolute Gasteiger partial charge is 0.322 e. The highest BCUT2D eigenvalue weighted by molar-refractivity contribution is 6.31. The average molecular weight is 327 g/mol. The zero-order chi connectivity index (χ0) is 17.5. The van der Waals surface area contributed by atoms with Gasteiger partial charge in [0.05, 0.1) is 5.57 Å².